The van der Waals surface area contributed by atoms with Crippen LogP contribution in [-0.2, 0) is 6.54 Å². The van der Waals surface area contributed by atoms with Gasteiger partial charge in [0, 0.05) is 11.6 Å². The Kier molecular flexibility index (Phi) is 2.63. The van der Waals surface area contributed by atoms with Gasteiger partial charge in [-0.1, -0.05) is 28.4 Å². The Morgan fingerprint density at radius 3 is 2.80 bits per heavy atom. The van der Waals surface area contributed by atoms with E-state index in [-0.39, 0.29) is 5.56 Å². The normalized spacial score (nSPS) is 10.9. The molecule has 1 aromatic carbocycles. The maximum atomic E-state index is 11.8. The van der Waals surface area contributed by atoms with Gasteiger partial charge in [-0.15, -0.1) is 5.10 Å². The SMILES string of the molecule is CCn1nnc2c(Cl)cc(Cl)cc2c1=O. The lowest BCUT2D eigenvalue weighted by Gasteiger charge is -2.02. The number of hydrogen-bond donors (Lipinski definition) is 0. The fourth-order valence-electron chi connectivity index (χ4n) is 1.32. The van der Waals surface area contributed by atoms with E-state index in [1.165, 1.54) is 10.7 Å². The van der Waals surface area contributed by atoms with Crippen LogP contribution in [0.3, 0.4) is 0 Å². The minimum Gasteiger partial charge on any atom is -0.267 e. The van der Waals surface area contributed by atoms with Crippen molar-refractivity contribution < 1.29 is 0 Å². The topological polar surface area (TPSA) is 47.8 Å². The maximum Gasteiger partial charge on any atom is 0.277 e. The molecule has 0 saturated heterocycles. The van der Waals surface area contributed by atoms with Crippen LogP contribution in [0.15, 0.2) is 16.9 Å². The van der Waals surface area contributed by atoms with E-state index < -0.39 is 0 Å². The van der Waals surface area contributed by atoms with Crippen LogP contribution in [-0.4, -0.2) is 15.0 Å². The van der Waals surface area contributed by atoms with Crippen molar-refractivity contribution in [3.05, 3.63) is 32.5 Å². The van der Waals surface area contributed by atoms with Crippen molar-refractivity contribution in [1.82, 2.24) is 15.0 Å². The van der Waals surface area contributed by atoms with E-state index in [1.807, 2.05) is 6.92 Å². The minimum absolute atomic E-state index is 0.230. The zero-order chi connectivity index (χ0) is 11.0. The second-order valence-electron chi connectivity index (χ2n) is 2.99. The lowest BCUT2D eigenvalue weighted by molar-refractivity contribution is 0.581. The second-order valence-corrected chi connectivity index (χ2v) is 3.84. The minimum atomic E-state index is -0.230. The van der Waals surface area contributed by atoms with E-state index in [0.29, 0.717) is 27.5 Å². The summed E-state index contributed by atoms with van der Waals surface area (Å²) in [6.45, 7) is 2.28. The standard InChI is InChI=1S/C9H7Cl2N3O/c1-2-14-9(15)6-3-5(10)4-7(11)8(6)12-13-14/h3-4H,2H2,1H3. The van der Waals surface area contributed by atoms with Crippen molar-refractivity contribution >= 4 is 34.1 Å². The van der Waals surface area contributed by atoms with Gasteiger partial charge in [-0.05, 0) is 19.1 Å². The predicted octanol–water partition coefficient (Wildman–Crippen LogP) is 2.12. The summed E-state index contributed by atoms with van der Waals surface area (Å²) in [5.74, 6) is 0. The van der Waals surface area contributed by atoms with E-state index in [4.69, 9.17) is 23.2 Å². The highest BCUT2D eigenvalue weighted by atomic mass is 35.5. The first kappa shape index (κ1) is 10.4. The molecule has 0 fully saturated rings. The third-order valence-electron chi connectivity index (χ3n) is 2.05. The Morgan fingerprint density at radius 1 is 1.40 bits per heavy atom. The molecule has 1 aromatic heterocycles. The Bertz CT molecular complexity index is 579. The van der Waals surface area contributed by atoms with Crippen molar-refractivity contribution in [3.63, 3.8) is 0 Å². The Balaban J connectivity index is 2.93. The summed E-state index contributed by atoms with van der Waals surface area (Å²) in [5.41, 5.74) is 0.155. The van der Waals surface area contributed by atoms with Crippen LogP contribution >= 0.6 is 23.2 Å². The fraction of sp³-hybridized carbons (Fsp3) is 0.222. The van der Waals surface area contributed by atoms with Crippen molar-refractivity contribution in [3.8, 4) is 0 Å². The summed E-state index contributed by atoms with van der Waals surface area (Å²) in [4.78, 5) is 11.8. The molecule has 0 bridgehead atoms. The summed E-state index contributed by atoms with van der Waals surface area (Å²) >= 11 is 11.7. The van der Waals surface area contributed by atoms with Crippen LogP contribution in [0.25, 0.3) is 10.9 Å². The average molecular weight is 244 g/mol. The summed E-state index contributed by atoms with van der Waals surface area (Å²) in [6, 6.07) is 3.09. The predicted molar refractivity (Wildman–Crippen MR) is 59.5 cm³/mol. The van der Waals surface area contributed by atoms with E-state index in [2.05, 4.69) is 10.3 Å². The Labute approximate surface area is 95.4 Å². The first-order chi connectivity index (χ1) is 7.13. The third-order valence-corrected chi connectivity index (χ3v) is 2.55. The third kappa shape index (κ3) is 1.70. The number of aromatic nitrogens is 3. The maximum absolute atomic E-state index is 11.8. The largest absolute Gasteiger partial charge is 0.277 e. The van der Waals surface area contributed by atoms with Crippen LogP contribution in [0.1, 0.15) is 6.92 Å². The van der Waals surface area contributed by atoms with Gasteiger partial charge in [0.15, 0.2) is 0 Å². The van der Waals surface area contributed by atoms with E-state index in [9.17, 15) is 4.79 Å². The van der Waals surface area contributed by atoms with E-state index in [0.717, 1.165) is 0 Å². The lowest BCUT2D eigenvalue weighted by atomic mass is 10.2. The van der Waals surface area contributed by atoms with Gasteiger partial charge < -0.3 is 0 Å². The molecule has 0 unspecified atom stereocenters. The molecule has 6 heteroatoms. The number of halogens is 2. The summed E-state index contributed by atoms with van der Waals surface area (Å²) in [5, 5.41) is 8.77. The zero-order valence-corrected chi connectivity index (χ0v) is 9.38. The van der Waals surface area contributed by atoms with Crippen molar-refractivity contribution in [1.29, 1.82) is 0 Å². The summed E-state index contributed by atoms with van der Waals surface area (Å²) in [6.07, 6.45) is 0. The second kappa shape index (κ2) is 3.79. The molecule has 2 rings (SSSR count). The monoisotopic (exact) mass is 243 g/mol. The Hall–Kier alpha value is -1.13. The van der Waals surface area contributed by atoms with Gasteiger partial charge in [0.2, 0.25) is 0 Å². The molecule has 0 spiro atoms. The first-order valence-electron chi connectivity index (χ1n) is 4.36. The highest BCUT2D eigenvalue weighted by Gasteiger charge is 2.08. The Morgan fingerprint density at radius 2 is 2.13 bits per heavy atom. The zero-order valence-electron chi connectivity index (χ0n) is 7.87. The molecular weight excluding hydrogens is 237 g/mol. The van der Waals surface area contributed by atoms with Crippen molar-refractivity contribution in [2.24, 2.45) is 0 Å². The fourth-order valence-corrected chi connectivity index (χ4v) is 1.85. The molecule has 1 heterocycles. The number of aryl methyl sites for hydroxylation is 1. The highest BCUT2D eigenvalue weighted by molar-refractivity contribution is 6.38. The molecule has 0 N–H and O–H groups in total. The van der Waals surface area contributed by atoms with E-state index in [1.54, 1.807) is 6.07 Å². The molecule has 0 saturated carbocycles. The highest BCUT2D eigenvalue weighted by Crippen LogP contribution is 2.23. The van der Waals surface area contributed by atoms with Crippen LogP contribution in [0.4, 0.5) is 0 Å². The molecule has 0 atom stereocenters. The molecule has 15 heavy (non-hydrogen) atoms. The van der Waals surface area contributed by atoms with Gasteiger partial charge in [0.25, 0.3) is 5.56 Å². The summed E-state index contributed by atoms with van der Waals surface area (Å²) < 4.78 is 1.26. The quantitative estimate of drug-likeness (QED) is 0.771. The van der Waals surface area contributed by atoms with Gasteiger partial charge in [0.05, 0.1) is 10.4 Å². The van der Waals surface area contributed by atoms with Gasteiger partial charge in [-0.3, -0.25) is 4.79 Å². The molecule has 4 nitrogen and oxygen atoms in total. The van der Waals surface area contributed by atoms with Crippen LogP contribution in [0.5, 0.6) is 0 Å². The number of fused-ring (bicyclic) bond motifs is 1. The van der Waals surface area contributed by atoms with Gasteiger partial charge >= 0.3 is 0 Å². The molecule has 0 amide bonds. The molecule has 0 aliphatic heterocycles. The molecule has 0 aliphatic carbocycles. The first-order valence-corrected chi connectivity index (χ1v) is 5.11. The van der Waals surface area contributed by atoms with Crippen LogP contribution in [0, 0.1) is 0 Å². The van der Waals surface area contributed by atoms with Crippen molar-refractivity contribution in [2.75, 3.05) is 0 Å². The molecule has 78 valence electrons. The van der Waals surface area contributed by atoms with Crippen molar-refractivity contribution in [2.45, 2.75) is 13.5 Å². The van der Waals surface area contributed by atoms with Gasteiger partial charge in [-0.25, -0.2) is 4.68 Å². The van der Waals surface area contributed by atoms with E-state index >= 15 is 0 Å². The molecule has 0 aliphatic rings. The number of hydrogen-bond acceptors (Lipinski definition) is 3. The molecule has 0 radical (unpaired) electrons. The van der Waals surface area contributed by atoms with Gasteiger partial charge in [-0.2, -0.15) is 0 Å². The average Bonchev–Trinajstić information content (AvgIpc) is 2.19. The van der Waals surface area contributed by atoms with Crippen LogP contribution < -0.4 is 5.56 Å². The number of rotatable bonds is 1. The molecular formula is C9H7Cl2N3O. The van der Waals surface area contributed by atoms with Gasteiger partial charge in [0.1, 0.15) is 5.52 Å². The number of nitrogens with zero attached hydrogens (tertiary/aromatic N) is 3. The smallest absolute Gasteiger partial charge is 0.267 e. The molecule has 2 aromatic rings. The van der Waals surface area contributed by atoms with Crippen LogP contribution in [0.2, 0.25) is 10.0 Å². The lowest BCUT2D eigenvalue weighted by Crippen LogP contribution is -2.23. The summed E-state index contributed by atoms with van der Waals surface area (Å²) in [7, 11) is 0. The number of benzene rings is 1.